The summed E-state index contributed by atoms with van der Waals surface area (Å²) in [5.41, 5.74) is 4.87. The molecule has 4 aromatic rings. The van der Waals surface area contributed by atoms with Gasteiger partial charge in [0.1, 0.15) is 11.5 Å². The second-order valence-electron chi connectivity index (χ2n) is 6.76. The van der Waals surface area contributed by atoms with Crippen LogP contribution in [0.3, 0.4) is 0 Å². The van der Waals surface area contributed by atoms with Crippen molar-refractivity contribution in [3.63, 3.8) is 0 Å². The molecule has 0 saturated carbocycles. The van der Waals surface area contributed by atoms with Crippen molar-refractivity contribution in [2.24, 2.45) is 5.10 Å². The minimum absolute atomic E-state index is 0.223. The highest BCUT2D eigenvalue weighted by atomic mass is 16.4. The lowest BCUT2D eigenvalue weighted by Crippen LogP contribution is -2.17. The van der Waals surface area contributed by atoms with Gasteiger partial charge in [-0.05, 0) is 53.6 Å². The summed E-state index contributed by atoms with van der Waals surface area (Å²) in [6, 6.07) is 21.5. The molecule has 6 nitrogen and oxygen atoms in total. The monoisotopic (exact) mass is 398 g/mol. The number of fused-ring (bicyclic) bond motifs is 1. The van der Waals surface area contributed by atoms with E-state index in [1.54, 1.807) is 30.3 Å². The Morgan fingerprint density at radius 1 is 1.00 bits per heavy atom. The lowest BCUT2D eigenvalue weighted by molar-refractivity contribution is 0.0696. The van der Waals surface area contributed by atoms with E-state index in [0.717, 1.165) is 21.9 Å². The number of hydrogen-bond acceptors (Lipinski definition) is 4. The van der Waals surface area contributed by atoms with E-state index >= 15 is 0 Å². The highest BCUT2D eigenvalue weighted by Crippen LogP contribution is 2.26. The quantitative estimate of drug-likeness (QED) is 0.371. The number of benzene rings is 3. The topological polar surface area (TPSA) is 91.9 Å². The number of carbonyl (C=O) groups is 2. The molecule has 0 aliphatic carbocycles. The van der Waals surface area contributed by atoms with Crippen molar-refractivity contribution < 1.29 is 19.1 Å². The summed E-state index contributed by atoms with van der Waals surface area (Å²) in [5.74, 6) is -0.231. The van der Waals surface area contributed by atoms with E-state index in [-0.39, 0.29) is 11.5 Å². The highest BCUT2D eigenvalue weighted by molar-refractivity contribution is 6.07. The van der Waals surface area contributed by atoms with Gasteiger partial charge in [0.25, 0.3) is 5.91 Å². The van der Waals surface area contributed by atoms with Gasteiger partial charge in [-0.15, -0.1) is 0 Å². The third-order valence-corrected chi connectivity index (χ3v) is 4.76. The van der Waals surface area contributed by atoms with Crippen molar-refractivity contribution in [1.29, 1.82) is 0 Å². The largest absolute Gasteiger partial charge is 0.478 e. The van der Waals surface area contributed by atoms with E-state index in [1.165, 1.54) is 12.3 Å². The fourth-order valence-electron chi connectivity index (χ4n) is 3.28. The molecule has 148 valence electrons. The standard InChI is InChI=1S/C24H18N2O4/c1-15-13-17(24(28)29)9-11-19(15)22-12-10-18(30-22)14-25-26-23(27)21-8-4-6-16-5-2-3-7-20(16)21/h2-14H,1H3,(H,26,27)(H,28,29)/b25-14+. The number of amides is 1. The fraction of sp³-hybridized carbons (Fsp3) is 0.0417. The van der Waals surface area contributed by atoms with Crippen LogP contribution in [-0.4, -0.2) is 23.2 Å². The molecule has 2 N–H and O–H groups in total. The fourth-order valence-corrected chi connectivity index (χ4v) is 3.28. The molecule has 0 unspecified atom stereocenters. The zero-order chi connectivity index (χ0) is 21.1. The SMILES string of the molecule is Cc1cc(C(=O)O)ccc1-c1ccc(/C=N/NC(=O)c2cccc3ccccc23)o1. The maximum absolute atomic E-state index is 12.5. The van der Waals surface area contributed by atoms with Gasteiger partial charge in [0.2, 0.25) is 0 Å². The smallest absolute Gasteiger partial charge is 0.335 e. The molecule has 30 heavy (non-hydrogen) atoms. The Balaban J connectivity index is 1.49. The predicted octanol–water partition coefficient (Wildman–Crippen LogP) is 4.87. The molecule has 0 saturated heterocycles. The number of hydrazone groups is 1. The minimum Gasteiger partial charge on any atom is -0.478 e. The second-order valence-corrected chi connectivity index (χ2v) is 6.76. The zero-order valence-electron chi connectivity index (χ0n) is 16.1. The first-order chi connectivity index (χ1) is 14.5. The van der Waals surface area contributed by atoms with Crippen LogP contribution in [0, 0.1) is 6.92 Å². The first-order valence-corrected chi connectivity index (χ1v) is 9.28. The summed E-state index contributed by atoms with van der Waals surface area (Å²) < 4.78 is 5.76. The van der Waals surface area contributed by atoms with E-state index in [2.05, 4.69) is 10.5 Å². The van der Waals surface area contributed by atoms with Crippen molar-refractivity contribution in [1.82, 2.24) is 5.43 Å². The van der Waals surface area contributed by atoms with Crippen molar-refractivity contribution in [2.75, 3.05) is 0 Å². The average molecular weight is 398 g/mol. The Morgan fingerprint density at radius 2 is 1.80 bits per heavy atom. The number of aromatic carboxylic acids is 1. The molecule has 0 spiro atoms. The Morgan fingerprint density at radius 3 is 2.60 bits per heavy atom. The van der Waals surface area contributed by atoms with Gasteiger partial charge in [0.15, 0.2) is 0 Å². The third kappa shape index (κ3) is 3.84. The number of hydrogen-bond donors (Lipinski definition) is 2. The van der Waals surface area contributed by atoms with E-state index in [4.69, 9.17) is 9.52 Å². The van der Waals surface area contributed by atoms with E-state index < -0.39 is 5.97 Å². The van der Waals surface area contributed by atoms with Crippen LogP contribution < -0.4 is 5.43 Å². The summed E-state index contributed by atoms with van der Waals surface area (Å²) in [7, 11) is 0. The molecule has 0 bridgehead atoms. The van der Waals surface area contributed by atoms with E-state index in [1.807, 2.05) is 43.3 Å². The highest BCUT2D eigenvalue weighted by Gasteiger charge is 2.11. The number of aryl methyl sites for hydroxylation is 1. The van der Waals surface area contributed by atoms with Crippen LogP contribution in [0.4, 0.5) is 0 Å². The normalized spacial score (nSPS) is 11.1. The van der Waals surface area contributed by atoms with E-state index in [0.29, 0.717) is 17.1 Å². The van der Waals surface area contributed by atoms with Crippen molar-refractivity contribution in [3.8, 4) is 11.3 Å². The number of carboxylic acids is 1. The van der Waals surface area contributed by atoms with Gasteiger partial charge in [0.05, 0.1) is 11.8 Å². The number of nitrogens with one attached hydrogen (secondary N) is 1. The van der Waals surface area contributed by atoms with Crippen LogP contribution in [0.5, 0.6) is 0 Å². The summed E-state index contributed by atoms with van der Waals surface area (Å²) in [6.45, 7) is 1.82. The summed E-state index contributed by atoms with van der Waals surface area (Å²) in [6.07, 6.45) is 1.42. The number of carboxylic acid groups (broad SMARTS) is 1. The van der Waals surface area contributed by atoms with Gasteiger partial charge in [-0.25, -0.2) is 10.2 Å². The summed E-state index contributed by atoms with van der Waals surface area (Å²) in [4.78, 5) is 23.6. The molecule has 6 heteroatoms. The second kappa shape index (κ2) is 8.05. The van der Waals surface area contributed by atoms with Crippen LogP contribution in [-0.2, 0) is 0 Å². The van der Waals surface area contributed by atoms with Gasteiger partial charge in [-0.3, -0.25) is 4.79 Å². The molecular formula is C24H18N2O4. The van der Waals surface area contributed by atoms with Crippen molar-refractivity contribution >= 4 is 28.9 Å². The average Bonchev–Trinajstić information content (AvgIpc) is 3.21. The minimum atomic E-state index is -0.973. The molecule has 1 aromatic heterocycles. The molecule has 4 rings (SSSR count). The van der Waals surface area contributed by atoms with Gasteiger partial charge < -0.3 is 9.52 Å². The van der Waals surface area contributed by atoms with Crippen LogP contribution in [0.25, 0.3) is 22.1 Å². The molecule has 0 atom stereocenters. The first kappa shape index (κ1) is 19.1. The van der Waals surface area contributed by atoms with Crippen LogP contribution >= 0.6 is 0 Å². The zero-order valence-corrected chi connectivity index (χ0v) is 16.1. The maximum atomic E-state index is 12.5. The Labute approximate surface area is 172 Å². The number of rotatable bonds is 5. The summed E-state index contributed by atoms with van der Waals surface area (Å²) in [5, 5.41) is 14.9. The number of carbonyl (C=O) groups excluding carboxylic acids is 1. The van der Waals surface area contributed by atoms with Gasteiger partial charge in [0, 0.05) is 11.1 Å². The number of nitrogens with zero attached hydrogens (tertiary/aromatic N) is 1. The van der Waals surface area contributed by atoms with Crippen molar-refractivity contribution in [3.05, 3.63) is 95.2 Å². The lowest BCUT2D eigenvalue weighted by atomic mass is 10.0. The Kier molecular flexibility index (Phi) is 5.13. The molecule has 0 aliphatic heterocycles. The predicted molar refractivity (Wildman–Crippen MR) is 115 cm³/mol. The first-order valence-electron chi connectivity index (χ1n) is 9.28. The Hall–Kier alpha value is -4.19. The Bertz CT molecular complexity index is 1280. The van der Waals surface area contributed by atoms with Crippen LogP contribution in [0.1, 0.15) is 32.0 Å². The maximum Gasteiger partial charge on any atom is 0.335 e. The molecule has 1 heterocycles. The molecule has 0 radical (unpaired) electrons. The van der Waals surface area contributed by atoms with E-state index in [9.17, 15) is 9.59 Å². The molecule has 3 aromatic carbocycles. The van der Waals surface area contributed by atoms with Gasteiger partial charge >= 0.3 is 5.97 Å². The van der Waals surface area contributed by atoms with Gasteiger partial charge in [-0.2, -0.15) is 5.10 Å². The van der Waals surface area contributed by atoms with Gasteiger partial charge in [-0.1, -0.05) is 42.5 Å². The third-order valence-electron chi connectivity index (χ3n) is 4.76. The molecule has 0 fully saturated rings. The molecule has 1 amide bonds. The van der Waals surface area contributed by atoms with Crippen molar-refractivity contribution in [2.45, 2.75) is 6.92 Å². The molecular weight excluding hydrogens is 380 g/mol. The van der Waals surface area contributed by atoms with Crippen LogP contribution in [0.15, 0.2) is 82.3 Å². The molecule has 0 aliphatic rings. The summed E-state index contributed by atoms with van der Waals surface area (Å²) >= 11 is 0. The van der Waals surface area contributed by atoms with Crippen LogP contribution in [0.2, 0.25) is 0 Å². The number of furan rings is 1. The lowest BCUT2D eigenvalue weighted by Gasteiger charge is -2.04.